The minimum Gasteiger partial charge on any atom is -0.378 e. The van der Waals surface area contributed by atoms with E-state index in [9.17, 15) is 13.2 Å². The van der Waals surface area contributed by atoms with Crippen molar-refractivity contribution >= 4 is 23.0 Å². The van der Waals surface area contributed by atoms with E-state index in [0.29, 0.717) is 22.9 Å². The van der Waals surface area contributed by atoms with Gasteiger partial charge in [0, 0.05) is 31.9 Å². The summed E-state index contributed by atoms with van der Waals surface area (Å²) in [5, 5.41) is 3.58. The van der Waals surface area contributed by atoms with Crippen LogP contribution in [-0.2, 0) is 10.9 Å². The van der Waals surface area contributed by atoms with Gasteiger partial charge in [-0.3, -0.25) is 0 Å². The molecule has 1 aliphatic rings. The maximum Gasteiger partial charge on any atom is 0.416 e. The third-order valence-electron chi connectivity index (χ3n) is 6.45. The van der Waals surface area contributed by atoms with Gasteiger partial charge in [-0.2, -0.15) is 13.2 Å². The number of nitrogens with zero attached hydrogens (tertiary/aromatic N) is 2. The summed E-state index contributed by atoms with van der Waals surface area (Å²) in [4.78, 5) is 4.32. The molecule has 2 rings (SSSR count). The summed E-state index contributed by atoms with van der Waals surface area (Å²) >= 11 is 5.49. The molecule has 0 amide bonds. The van der Waals surface area contributed by atoms with Crippen molar-refractivity contribution in [1.82, 2.24) is 9.80 Å². The highest BCUT2D eigenvalue weighted by molar-refractivity contribution is 7.80. The predicted octanol–water partition coefficient (Wildman–Crippen LogP) is 6.73. The number of ether oxygens (including phenoxy) is 1. The molecule has 8 heteroatoms. The average molecular weight is 500 g/mol. The van der Waals surface area contributed by atoms with Crippen molar-refractivity contribution in [2.45, 2.75) is 76.1 Å². The summed E-state index contributed by atoms with van der Waals surface area (Å²) in [5.41, 5.74) is -0.103. The number of likely N-dealkylation sites (N-methyl/N-ethyl adjacent to an activating group) is 1. The van der Waals surface area contributed by atoms with Crippen molar-refractivity contribution in [1.29, 1.82) is 0 Å². The first kappa shape index (κ1) is 28.6. The average Bonchev–Trinajstić information content (AvgIpc) is 2.80. The third kappa shape index (κ3) is 10.3. The molecule has 0 aromatic heterocycles. The molecule has 0 saturated heterocycles. The number of hydrogen-bond acceptors (Lipinski definition) is 3. The van der Waals surface area contributed by atoms with Crippen LogP contribution in [0.25, 0.3) is 0 Å². The molecule has 0 unspecified atom stereocenters. The molecule has 0 aliphatic heterocycles. The minimum absolute atomic E-state index is 0.313. The van der Waals surface area contributed by atoms with Crippen molar-refractivity contribution < 1.29 is 17.9 Å². The van der Waals surface area contributed by atoms with Gasteiger partial charge in [0.2, 0.25) is 0 Å². The summed E-state index contributed by atoms with van der Waals surface area (Å²) in [5.74, 6) is 0. The first-order valence-electron chi connectivity index (χ1n) is 12.3. The van der Waals surface area contributed by atoms with E-state index in [1.54, 1.807) is 0 Å². The zero-order chi connectivity index (χ0) is 25.0. The molecule has 1 aliphatic carbocycles. The van der Waals surface area contributed by atoms with E-state index < -0.39 is 11.7 Å². The zero-order valence-corrected chi connectivity index (χ0v) is 21.4. The number of thiocarbonyl (C=S) groups is 1. The van der Waals surface area contributed by atoms with Crippen LogP contribution in [0.3, 0.4) is 0 Å². The van der Waals surface area contributed by atoms with Crippen LogP contribution in [-0.4, -0.2) is 60.8 Å². The van der Waals surface area contributed by atoms with Gasteiger partial charge in [-0.25, -0.2) is 0 Å². The second-order valence-electron chi connectivity index (χ2n) is 9.24. The lowest BCUT2D eigenvalue weighted by Gasteiger charge is -2.36. The highest BCUT2D eigenvalue weighted by Gasteiger charge is 2.30. The van der Waals surface area contributed by atoms with Crippen LogP contribution < -0.4 is 5.32 Å². The Labute approximate surface area is 208 Å². The molecule has 0 radical (unpaired) electrons. The smallest absolute Gasteiger partial charge is 0.378 e. The lowest BCUT2D eigenvalue weighted by atomic mass is 9.92. The van der Waals surface area contributed by atoms with Crippen molar-refractivity contribution in [3.8, 4) is 0 Å². The summed E-state index contributed by atoms with van der Waals surface area (Å²) in [6, 6.07) is 5.27. The fourth-order valence-electron chi connectivity index (χ4n) is 4.30. The van der Waals surface area contributed by atoms with Gasteiger partial charge in [-0.1, -0.05) is 25.3 Å². The van der Waals surface area contributed by atoms with Crippen LogP contribution in [0.2, 0.25) is 0 Å². The molecule has 1 aromatic carbocycles. The Morgan fingerprint density at radius 1 is 1.06 bits per heavy atom. The fourth-order valence-corrected chi connectivity index (χ4v) is 4.56. The Morgan fingerprint density at radius 2 is 1.68 bits per heavy atom. The molecule has 4 nitrogen and oxygen atoms in total. The fraction of sp³-hybridized carbons (Fsp3) is 0.654. The lowest BCUT2D eigenvalue weighted by Crippen LogP contribution is -2.42. The first-order chi connectivity index (χ1) is 16.2. The molecular weight excluding hydrogens is 459 g/mol. The highest BCUT2D eigenvalue weighted by Crippen LogP contribution is 2.30. The Morgan fingerprint density at radius 3 is 2.29 bits per heavy atom. The Kier molecular flexibility index (Phi) is 12.4. The number of alkyl halides is 3. The standard InChI is InChI=1S/C26H40F3N3OS/c1-4-18-31(2)19-8-6-5-7-9-20-33-24-16-14-23(15-17-24)32(3)25(34)30-22-12-10-21(11-13-22)26(27,28)29/h4,10-13,23-24H,1,5-9,14-20H2,2-3H3,(H,30,34). The predicted molar refractivity (Wildman–Crippen MR) is 138 cm³/mol. The maximum absolute atomic E-state index is 12.7. The minimum atomic E-state index is -4.33. The van der Waals surface area contributed by atoms with Crippen molar-refractivity contribution in [3.63, 3.8) is 0 Å². The van der Waals surface area contributed by atoms with Crippen molar-refractivity contribution in [3.05, 3.63) is 42.5 Å². The van der Waals surface area contributed by atoms with E-state index in [-0.39, 0.29) is 0 Å². The van der Waals surface area contributed by atoms with Crippen LogP contribution in [0.1, 0.15) is 63.4 Å². The molecule has 192 valence electrons. The first-order valence-corrected chi connectivity index (χ1v) is 12.7. The summed E-state index contributed by atoms with van der Waals surface area (Å²) in [6.45, 7) is 6.68. The van der Waals surface area contributed by atoms with E-state index in [2.05, 4.69) is 23.8 Å². The SMILES string of the molecule is C=CCN(C)CCCCCCCOC1CCC(N(C)C(=S)Nc2ccc(C(F)(F)F)cc2)CC1. The number of rotatable bonds is 13. The molecular formula is C26H40F3N3OS. The number of anilines is 1. The van der Waals surface area contributed by atoms with Gasteiger partial charge < -0.3 is 19.9 Å². The third-order valence-corrected chi connectivity index (χ3v) is 6.84. The van der Waals surface area contributed by atoms with Crippen LogP contribution in [0.4, 0.5) is 18.9 Å². The molecule has 1 N–H and O–H groups in total. The van der Waals surface area contributed by atoms with E-state index in [4.69, 9.17) is 17.0 Å². The molecule has 1 aromatic rings. The second kappa shape index (κ2) is 14.7. The summed E-state index contributed by atoms with van der Waals surface area (Å²) in [6.07, 6.45) is 8.01. The molecule has 0 spiro atoms. The van der Waals surface area contributed by atoms with Gasteiger partial charge in [-0.05, 0) is 88.6 Å². The molecule has 0 atom stereocenters. The number of benzene rings is 1. The van der Waals surface area contributed by atoms with Crippen LogP contribution >= 0.6 is 12.2 Å². The molecule has 0 bridgehead atoms. The monoisotopic (exact) mass is 499 g/mol. The van der Waals surface area contributed by atoms with Gasteiger partial charge in [-0.15, -0.1) is 6.58 Å². The van der Waals surface area contributed by atoms with Gasteiger partial charge >= 0.3 is 6.18 Å². The van der Waals surface area contributed by atoms with Crippen molar-refractivity contribution in [2.24, 2.45) is 0 Å². The molecule has 1 saturated carbocycles. The van der Waals surface area contributed by atoms with Crippen LogP contribution in [0.15, 0.2) is 36.9 Å². The summed E-state index contributed by atoms with van der Waals surface area (Å²) < 4.78 is 44.3. The lowest BCUT2D eigenvalue weighted by molar-refractivity contribution is -0.137. The number of nitrogens with one attached hydrogen (secondary N) is 1. The molecule has 0 heterocycles. The number of unbranched alkanes of at least 4 members (excludes halogenated alkanes) is 4. The van der Waals surface area contributed by atoms with Gasteiger partial charge in [0.25, 0.3) is 0 Å². The van der Waals surface area contributed by atoms with Gasteiger partial charge in [0.05, 0.1) is 11.7 Å². The highest BCUT2D eigenvalue weighted by atomic mass is 32.1. The van der Waals surface area contributed by atoms with Gasteiger partial charge in [0.15, 0.2) is 5.11 Å². The van der Waals surface area contributed by atoms with E-state index in [0.717, 1.165) is 63.9 Å². The maximum atomic E-state index is 12.7. The molecule has 1 fully saturated rings. The topological polar surface area (TPSA) is 27.7 Å². The largest absolute Gasteiger partial charge is 0.416 e. The number of hydrogen-bond donors (Lipinski definition) is 1. The van der Waals surface area contributed by atoms with E-state index in [1.807, 2.05) is 18.0 Å². The summed E-state index contributed by atoms with van der Waals surface area (Å²) in [7, 11) is 4.08. The quantitative estimate of drug-likeness (QED) is 0.185. The Hall–Kier alpha value is -1.64. The van der Waals surface area contributed by atoms with E-state index in [1.165, 1.54) is 37.8 Å². The zero-order valence-electron chi connectivity index (χ0n) is 20.6. The number of halogens is 3. The van der Waals surface area contributed by atoms with Crippen LogP contribution in [0.5, 0.6) is 0 Å². The van der Waals surface area contributed by atoms with Crippen molar-refractivity contribution in [2.75, 3.05) is 39.1 Å². The van der Waals surface area contributed by atoms with E-state index >= 15 is 0 Å². The van der Waals surface area contributed by atoms with Gasteiger partial charge in [0.1, 0.15) is 0 Å². The Balaban J connectivity index is 1.57. The normalized spacial score (nSPS) is 18.6. The second-order valence-corrected chi connectivity index (χ2v) is 9.62. The Bertz CT molecular complexity index is 734. The molecule has 34 heavy (non-hydrogen) atoms. The van der Waals surface area contributed by atoms with Crippen LogP contribution in [0, 0.1) is 0 Å².